The molecule has 0 aromatic heterocycles. The lowest BCUT2D eigenvalue weighted by Crippen LogP contribution is -2.66. The van der Waals surface area contributed by atoms with Gasteiger partial charge < -0.3 is 134 Å². The van der Waals surface area contributed by atoms with E-state index in [1.54, 1.807) is 0 Å². The van der Waals surface area contributed by atoms with Crippen molar-refractivity contribution in [1.29, 1.82) is 0 Å². The Hall–Kier alpha value is -9.81. The van der Waals surface area contributed by atoms with E-state index in [1.807, 2.05) is 0 Å². The molecule has 0 bridgehead atoms. The Labute approximate surface area is 712 Å². The van der Waals surface area contributed by atoms with Crippen LogP contribution in [0.1, 0.15) is 172 Å². The van der Waals surface area contributed by atoms with Crippen LogP contribution < -0.4 is 48.3 Å². The lowest BCUT2D eigenvalue weighted by Gasteiger charge is -2.44. The van der Waals surface area contributed by atoms with Crippen LogP contribution in [0.3, 0.4) is 0 Å². The van der Waals surface area contributed by atoms with Gasteiger partial charge in [-0.3, -0.25) is 81.5 Å². The van der Waals surface area contributed by atoms with Gasteiger partial charge in [-0.2, -0.15) is 4.91 Å². The molecule has 0 aromatic carbocycles. The number of nitrogens with one attached hydrogen (secondary N) is 8. The van der Waals surface area contributed by atoms with Gasteiger partial charge in [-0.1, -0.05) is 5.18 Å². The predicted molar refractivity (Wildman–Crippen MR) is 419 cm³/mol. The number of carbonyl (C=O) groups is 17. The highest BCUT2D eigenvalue weighted by molar-refractivity contribution is 5.79. The van der Waals surface area contributed by atoms with Gasteiger partial charge in [0.25, 0.3) is 0 Å². The van der Waals surface area contributed by atoms with Crippen molar-refractivity contribution in [3.05, 3.63) is 4.91 Å². The molecular weight excluding hydrogens is 1640 g/mol. The monoisotopic (exact) mass is 1760 g/mol. The van der Waals surface area contributed by atoms with E-state index in [2.05, 4.69) is 47.7 Å². The zero-order valence-electron chi connectivity index (χ0n) is 71.7. The van der Waals surface area contributed by atoms with Crippen LogP contribution in [0.5, 0.6) is 0 Å². The fraction of sp³-hybridized carbons (Fsp3) is 0.779. The van der Waals surface area contributed by atoms with Gasteiger partial charge in [-0.15, -0.1) is 0 Å². The van der Waals surface area contributed by atoms with E-state index >= 15 is 0 Å². The maximum Gasteiger partial charge on any atom is 0.303 e. The summed E-state index contributed by atoms with van der Waals surface area (Å²) >= 11 is 0. The molecule has 46 heteroatoms. The Balaban J connectivity index is 1.46. The van der Waals surface area contributed by atoms with Crippen molar-refractivity contribution in [1.82, 2.24) is 42.5 Å². The van der Waals surface area contributed by atoms with Crippen molar-refractivity contribution in [3.63, 3.8) is 0 Å². The molecular formula is C77H124N10O36. The van der Waals surface area contributed by atoms with Gasteiger partial charge >= 0.3 is 53.7 Å². The van der Waals surface area contributed by atoms with Gasteiger partial charge in [0, 0.05) is 174 Å². The van der Waals surface area contributed by atoms with E-state index in [0.717, 1.165) is 62.3 Å². The summed E-state index contributed by atoms with van der Waals surface area (Å²) in [5, 5.41) is 24.8. The standard InChI is InChI=1S/C77H124N10O36/c1-45(88)85-65-71(118-53(9)96)68(115-50(6)93)56(39-112-47(3)90)121-74(65)109-33-15-12-21-59(99)79-27-18-30-82-62(102)24-36-106-42-77(78,44-108-38-26-64(104)84-32-20-29-81-61(101)23-14-17-35-111-76-67(87-105)73(120-55(11)98)70(117-52(8)95)58(123-76)41-114-49(5)92)43-107-37-25-63(103)83-31-19-28-80-60(100)22-13-16-34-110-75-66(86-46(2)89)72(119-54(10)97)69(116-51(7)94)57(122-75)40-113-48(4)91/h56-58,65-76H,12-44,78H2,1-11H3,(H,79,99)(H,80,100)(H,81,101)(H,82,102)(H,83,103)(H,84,104)(H,85,88)(H,86,89)/t56-,57-,58-,65-,66-,67-,68+,69+,70+,71-,72-,73-,74-,75-,76-/m1/s1. The van der Waals surface area contributed by atoms with Gasteiger partial charge in [0.2, 0.25) is 47.3 Å². The number of amides is 8. The van der Waals surface area contributed by atoms with Crippen LogP contribution in [0.25, 0.3) is 0 Å². The molecule has 10 N–H and O–H groups in total. The average Bonchev–Trinajstić information content (AvgIpc) is 0.798. The second-order valence-corrected chi connectivity index (χ2v) is 28.9. The average molecular weight is 1770 g/mol. The minimum Gasteiger partial charge on any atom is -0.463 e. The molecule has 0 aromatic rings. The maximum absolute atomic E-state index is 12.8. The van der Waals surface area contributed by atoms with Gasteiger partial charge in [0.1, 0.15) is 50.2 Å². The van der Waals surface area contributed by atoms with Gasteiger partial charge in [0.15, 0.2) is 61.5 Å². The molecule has 0 spiro atoms. The zero-order chi connectivity index (χ0) is 91.4. The number of hydrogen-bond donors (Lipinski definition) is 9. The van der Waals surface area contributed by atoms with Crippen molar-refractivity contribution >= 4 is 101 Å². The van der Waals surface area contributed by atoms with Crippen molar-refractivity contribution in [3.8, 4) is 0 Å². The molecule has 3 saturated heterocycles. The topological polar surface area (TPSA) is 608 Å². The zero-order valence-corrected chi connectivity index (χ0v) is 71.7. The normalized spacial score (nSPS) is 22.2. The Morgan fingerprint density at radius 1 is 0.309 bits per heavy atom. The second-order valence-electron chi connectivity index (χ2n) is 28.9. The number of nitroso groups, excluding NO2 is 1. The molecule has 123 heavy (non-hydrogen) atoms. The molecule has 0 unspecified atom stereocenters. The van der Waals surface area contributed by atoms with E-state index in [-0.39, 0.29) is 173 Å². The number of hydrogen-bond acceptors (Lipinski definition) is 38. The van der Waals surface area contributed by atoms with Crippen LogP contribution in [0.15, 0.2) is 5.18 Å². The minimum atomic E-state index is -1.48. The molecule has 3 rings (SSSR count). The summed E-state index contributed by atoms with van der Waals surface area (Å²) in [6, 6.07) is -3.79. The molecule has 3 aliphatic heterocycles. The Bertz CT molecular complexity index is 3270. The summed E-state index contributed by atoms with van der Waals surface area (Å²) in [5.41, 5.74) is 5.38. The highest BCUT2D eigenvalue weighted by Gasteiger charge is 2.55. The largest absolute Gasteiger partial charge is 0.463 e. The fourth-order valence-electron chi connectivity index (χ4n) is 12.4. The molecule has 698 valence electrons. The highest BCUT2D eigenvalue weighted by Crippen LogP contribution is 2.32. The summed E-state index contributed by atoms with van der Waals surface area (Å²) in [4.78, 5) is 220. The third-order valence-electron chi connectivity index (χ3n) is 17.8. The van der Waals surface area contributed by atoms with Crippen LogP contribution in [0.4, 0.5) is 0 Å². The molecule has 0 saturated carbocycles. The summed E-state index contributed by atoms with van der Waals surface area (Å²) in [6.07, 6.45) is -12.3. The third kappa shape index (κ3) is 46.5. The van der Waals surface area contributed by atoms with Crippen molar-refractivity contribution in [2.75, 3.05) is 119 Å². The quantitative estimate of drug-likeness (QED) is 0.0137. The Morgan fingerprint density at radius 2 is 0.561 bits per heavy atom. The number of esters is 9. The number of nitrogens with zero attached hydrogens (tertiary/aromatic N) is 1. The molecule has 3 aliphatic rings. The number of nitrogens with two attached hydrogens (primary N) is 1. The van der Waals surface area contributed by atoms with Crippen LogP contribution >= 0.6 is 0 Å². The fourth-order valence-corrected chi connectivity index (χ4v) is 12.4. The predicted octanol–water partition coefficient (Wildman–Crippen LogP) is -2.07. The number of unbranched alkanes of at least 4 members (excludes halogenated alkanes) is 3. The molecule has 46 nitrogen and oxygen atoms in total. The van der Waals surface area contributed by atoms with Crippen molar-refractivity contribution < 1.29 is 167 Å². The Morgan fingerprint density at radius 3 is 0.829 bits per heavy atom. The minimum absolute atomic E-state index is 0.00455. The van der Waals surface area contributed by atoms with E-state index in [0.29, 0.717) is 57.8 Å². The van der Waals surface area contributed by atoms with E-state index in [4.69, 9.17) is 91.0 Å². The summed E-state index contributed by atoms with van der Waals surface area (Å²) in [6.45, 7) is 11.6. The number of carbonyl (C=O) groups excluding carboxylic acids is 17. The van der Waals surface area contributed by atoms with E-state index in [9.17, 15) is 86.4 Å². The van der Waals surface area contributed by atoms with Gasteiger partial charge in [0.05, 0.1) is 45.2 Å². The molecule has 15 atom stereocenters. The lowest BCUT2D eigenvalue weighted by molar-refractivity contribution is -0.277. The number of ether oxygens (including phenoxy) is 18. The van der Waals surface area contributed by atoms with Crippen molar-refractivity contribution in [2.24, 2.45) is 10.9 Å². The first kappa shape index (κ1) is 107. The third-order valence-corrected chi connectivity index (χ3v) is 17.8. The lowest BCUT2D eigenvalue weighted by atomic mass is 9.96. The first-order valence-corrected chi connectivity index (χ1v) is 40.6. The van der Waals surface area contributed by atoms with Crippen LogP contribution in [0.2, 0.25) is 0 Å². The molecule has 0 aliphatic carbocycles. The summed E-state index contributed by atoms with van der Waals surface area (Å²) < 4.78 is 101. The SMILES string of the molecule is CC(=O)N[C@H]1[C@H](OCCCCC(=O)NCCCNC(=O)CCOCC(N)(COCCC(=O)NCCCNC(=O)CCCCO[C@@H]2O[C@H](COC(C)=O)[C@H](OC(C)=O)[C@H](OC(C)=O)[C@H]2N=O)COCCC(=O)NCCCNC(=O)CCCCO[C@@H]2O[C@H](COC(C)=O)[C@H](OC(C)=O)[C@H](OC(C)=O)[C@H]2NC(C)=O)O[C@H](COC(C)=O)[C@H](OC(C)=O)[C@@H]1OC(C)=O. The first-order valence-electron chi connectivity index (χ1n) is 40.6. The Kier molecular flexibility index (Phi) is 52.3. The van der Waals surface area contributed by atoms with E-state index in [1.165, 1.54) is 13.8 Å². The van der Waals surface area contributed by atoms with Crippen LogP contribution in [-0.2, 0) is 167 Å². The molecule has 3 heterocycles. The van der Waals surface area contributed by atoms with Gasteiger partial charge in [-0.05, 0) is 57.8 Å². The van der Waals surface area contributed by atoms with Crippen molar-refractivity contribution in [2.45, 2.75) is 270 Å². The molecule has 0 radical (unpaired) electrons. The first-order chi connectivity index (χ1) is 58.4. The van der Waals surface area contributed by atoms with Crippen LogP contribution in [-0.4, -0.2) is 317 Å². The van der Waals surface area contributed by atoms with E-state index < -0.39 is 183 Å². The summed E-state index contributed by atoms with van der Waals surface area (Å²) in [5.74, 6) is -9.75. The van der Waals surface area contributed by atoms with Gasteiger partial charge in [-0.25, -0.2) is 0 Å². The molecule has 8 amide bonds. The summed E-state index contributed by atoms with van der Waals surface area (Å²) in [7, 11) is 0. The number of rotatable bonds is 60. The smallest absolute Gasteiger partial charge is 0.303 e. The second kappa shape index (κ2) is 59.9. The molecule has 3 fully saturated rings. The maximum atomic E-state index is 12.8. The van der Waals surface area contributed by atoms with Crippen LogP contribution in [0, 0.1) is 4.91 Å². The highest BCUT2D eigenvalue weighted by atomic mass is 16.7.